The lowest BCUT2D eigenvalue weighted by Crippen LogP contribution is -2.38. The smallest absolute Gasteiger partial charge is 0.254 e. The fraction of sp³-hybridized carbons (Fsp3) is 0.750. The number of ether oxygens (including phenoxy) is 1. The summed E-state index contributed by atoms with van der Waals surface area (Å²) in [6, 6.07) is 0. The molecule has 2 aliphatic carbocycles. The van der Waals surface area contributed by atoms with E-state index < -0.39 is 0 Å². The summed E-state index contributed by atoms with van der Waals surface area (Å²) in [5, 5.41) is 0. The molecule has 1 N–H and O–H groups in total. The van der Waals surface area contributed by atoms with Gasteiger partial charge in [0, 0.05) is 12.7 Å². The van der Waals surface area contributed by atoms with Gasteiger partial charge in [0.1, 0.15) is 11.4 Å². The van der Waals surface area contributed by atoms with E-state index in [-0.39, 0.29) is 11.2 Å². The van der Waals surface area contributed by atoms with Crippen LogP contribution in [0.2, 0.25) is 0 Å². The van der Waals surface area contributed by atoms with Crippen molar-refractivity contribution in [3.05, 3.63) is 27.4 Å². The highest BCUT2D eigenvalue weighted by Crippen LogP contribution is 2.40. The Morgan fingerprint density at radius 1 is 1.25 bits per heavy atom. The Morgan fingerprint density at radius 3 is 2.65 bits per heavy atom. The first-order chi connectivity index (χ1) is 9.64. The number of aromatic nitrogens is 2. The predicted octanol–water partition coefficient (Wildman–Crippen LogP) is 2.70. The van der Waals surface area contributed by atoms with Crippen LogP contribution in [0.15, 0.2) is 4.79 Å². The first-order valence-electron chi connectivity index (χ1n) is 7.82. The number of nitrogens with one attached hydrogen (secondary N) is 1. The molecule has 110 valence electrons. The molecule has 0 aromatic carbocycles. The molecule has 4 nitrogen and oxygen atoms in total. The van der Waals surface area contributed by atoms with Crippen LogP contribution >= 0.6 is 0 Å². The Morgan fingerprint density at radius 2 is 1.95 bits per heavy atom. The van der Waals surface area contributed by atoms with Crippen LogP contribution in [0, 0.1) is 5.92 Å². The second kappa shape index (κ2) is 5.32. The minimum Gasteiger partial charge on any atom is -0.370 e. The Hall–Kier alpha value is -1.16. The third kappa shape index (κ3) is 2.30. The summed E-state index contributed by atoms with van der Waals surface area (Å²) in [5.74, 6) is 1.50. The number of hydrogen-bond acceptors (Lipinski definition) is 3. The second-order valence-corrected chi connectivity index (χ2v) is 6.43. The molecule has 4 heteroatoms. The van der Waals surface area contributed by atoms with Crippen LogP contribution in [0.1, 0.15) is 62.5 Å². The van der Waals surface area contributed by atoms with Gasteiger partial charge in [-0.25, -0.2) is 4.98 Å². The van der Waals surface area contributed by atoms with E-state index in [1.807, 2.05) is 0 Å². The van der Waals surface area contributed by atoms with Crippen molar-refractivity contribution in [2.45, 2.75) is 63.9 Å². The molecule has 0 radical (unpaired) electrons. The fourth-order valence-electron chi connectivity index (χ4n) is 3.59. The third-order valence-corrected chi connectivity index (χ3v) is 5.10. The summed E-state index contributed by atoms with van der Waals surface area (Å²) >= 11 is 0. The van der Waals surface area contributed by atoms with Crippen LogP contribution in [0.3, 0.4) is 0 Å². The number of methoxy groups -OCH3 is 1. The van der Waals surface area contributed by atoms with Gasteiger partial charge in [0.15, 0.2) is 0 Å². The number of fused-ring (bicyclic) bond motifs is 1. The van der Waals surface area contributed by atoms with Crippen LogP contribution in [0.5, 0.6) is 0 Å². The van der Waals surface area contributed by atoms with Crippen molar-refractivity contribution in [2.24, 2.45) is 5.92 Å². The average Bonchev–Trinajstić information content (AvgIpc) is 2.48. The quantitative estimate of drug-likeness (QED) is 0.903. The van der Waals surface area contributed by atoms with Gasteiger partial charge in [-0.15, -0.1) is 0 Å². The summed E-state index contributed by atoms with van der Waals surface area (Å²) in [5.41, 5.74) is 1.58. The molecule has 1 aromatic rings. The number of aromatic amines is 1. The van der Waals surface area contributed by atoms with Gasteiger partial charge in [0.25, 0.3) is 5.56 Å². The maximum absolute atomic E-state index is 12.3. The monoisotopic (exact) mass is 276 g/mol. The predicted molar refractivity (Wildman–Crippen MR) is 77.8 cm³/mol. The molecule has 1 fully saturated rings. The molecule has 1 heterocycles. The van der Waals surface area contributed by atoms with Crippen molar-refractivity contribution in [2.75, 3.05) is 7.11 Å². The molecule has 3 rings (SSSR count). The van der Waals surface area contributed by atoms with E-state index in [4.69, 9.17) is 9.72 Å². The number of H-pyrrole nitrogens is 1. The molecule has 0 unspecified atom stereocenters. The average molecular weight is 276 g/mol. The molecule has 0 bridgehead atoms. The minimum absolute atomic E-state index is 0.0553. The van der Waals surface area contributed by atoms with Crippen LogP contribution in [-0.2, 0) is 23.2 Å². The second-order valence-electron chi connectivity index (χ2n) is 6.43. The summed E-state index contributed by atoms with van der Waals surface area (Å²) in [6.45, 7) is 2.28. The van der Waals surface area contributed by atoms with E-state index in [1.165, 1.54) is 0 Å². The van der Waals surface area contributed by atoms with E-state index in [0.29, 0.717) is 0 Å². The van der Waals surface area contributed by atoms with Crippen molar-refractivity contribution in [1.82, 2.24) is 9.97 Å². The van der Waals surface area contributed by atoms with Crippen molar-refractivity contribution < 1.29 is 4.74 Å². The van der Waals surface area contributed by atoms with Gasteiger partial charge in [0.2, 0.25) is 0 Å². The van der Waals surface area contributed by atoms with Crippen molar-refractivity contribution in [3.8, 4) is 0 Å². The van der Waals surface area contributed by atoms with Crippen LogP contribution in [0.25, 0.3) is 0 Å². The molecular formula is C16H24N2O2. The summed E-state index contributed by atoms with van der Waals surface area (Å²) in [6.07, 6.45) is 8.21. The number of rotatable bonds is 2. The largest absolute Gasteiger partial charge is 0.370 e. The SMILES string of the molecule is COC1(c2nc3c(c(=O)[nH]2)CCCC3)CCC(C)CC1. The third-order valence-electron chi connectivity index (χ3n) is 5.10. The Kier molecular flexibility index (Phi) is 3.67. The molecule has 0 aliphatic heterocycles. The Labute approximate surface area is 120 Å². The lowest BCUT2D eigenvalue weighted by Gasteiger charge is -2.37. The van der Waals surface area contributed by atoms with Gasteiger partial charge in [0.05, 0.1) is 5.69 Å². The molecular weight excluding hydrogens is 252 g/mol. The molecule has 1 aromatic heterocycles. The number of aryl methyl sites for hydroxylation is 1. The Balaban J connectivity index is 2.00. The van der Waals surface area contributed by atoms with E-state index in [1.54, 1.807) is 7.11 Å². The molecule has 2 aliphatic rings. The lowest BCUT2D eigenvalue weighted by atomic mass is 9.78. The normalized spacial score (nSPS) is 30.0. The molecule has 1 saturated carbocycles. The van der Waals surface area contributed by atoms with Gasteiger partial charge in [-0.2, -0.15) is 0 Å². The summed E-state index contributed by atoms with van der Waals surface area (Å²) < 4.78 is 5.83. The highest BCUT2D eigenvalue weighted by molar-refractivity contribution is 5.22. The zero-order valence-corrected chi connectivity index (χ0v) is 12.5. The van der Waals surface area contributed by atoms with Crippen molar-refractivity contribution >= 4 is 0 Å². The van der Waals surface area contributed by atoms with Crippen molar-refractivity contribution in [3.63, 3.8) is 0 Å². The molecule has 0 atom stereocenters. The first kappa shape index (κ1) is 13.8. The lowest BCUT2D eigenvalue weighted by molar-refractivity contribution is -0.0601. The van der Waals surface area contributed by atoms with Gasteiger partial charge < -0.3 is 9.72 Å². The fourth-order valence-corrected chi connectivity index (χ4v) is 3.59. The zero-order chi connectivity index (χ0) is 14.2. The van der Waals surface area contributed by atoms with Gasteiger partial charge in [-0.05, 0) is 57.3 Å². The minimum atomic E-state index is -0.377. The van der Waals surface area contributed by atoms with Crippen LogP contribution in [0.4, 0.5) is 0 Å². The van der Waals surface area contributed by atoms with Crippen molar-refractivity contribution in [1.29, 1.82) is 0 Å². The highest BCUT2D eigenvalue weighted by atomic mass is 16.5. The maximum atomic E-state index is 12.3. The number of hydrogen-bond donors (Lipinski definition) is 1. The summed E-state index contributed by atoms with van der Waals surface area (Å²) in [7, 11) is 1.75. The van der Waals surface area contributed by atoms with E-state index in [0.717, 1.165) is 74.4 Å². The molecule has 20 heavy (non-hydrogen) atoms. The summed E-state index contributed by atoms with van der Waals surface area (Å²) in [4.78, 5) is 20.1. The van der Waals surface area contributed by atoms with Gasteiger partial charge >= 0.3 is 0 Å². The zero-order valence-electron chi connectivity index (χ0n) is 12.5. The maximum Gasteiger partial charge on any atom is 0.254 e. The molecule has 0 amide bonds. The van der Waals surface area contributed by atoms with Crippen LogP contribution < -0.4 is 5.56 Å². The van der Waals surface area contributed by atoms with Gasteiger partial charge in [-0.1, -0.05) is 6.92 Å². The molecule has 0 saturated heterocycles. The molecule has 0 spiro atoms. The first-order valence-corrected chi connectivity index (χ1v) is 7.82. The van der Waals surface area contributed by atoms with Crippen LogP contribution in [-0.4, -0.2) is 17.1 Å². The topological polar surface area (TPSA) is 55.0 Å². The number of nitrogens with zero attached hydrogens (tertiary/aromatic N) is 1. The van der Waals surface area contributed by atoms with E-state index in [9.17, 15) is 4.79 Å². The standard InChI is InChI=1S/C16H24N2O2/c1-11-7-9-16(20-2,10-8-11)15-17-13-6-4-3-5-12(13)14(19)18-15/h11H,3-10H2,1-2H3,(H,17,18,19). The van der Waals surface area contributed by atoms with Gasteiger partial charge in [-0.3, -0.25) is 4.79 Å². The van der Waals surface area contributed by atoms with E-state index in [2.05, 4.69) is 11.9 Å². The van der Waals surface area contributed by atoms with E-state index >= 15 is 0 Å². The Bertz CT molecular complexity index is 542. The highest BCUT2D eigenvalue weighted by Gasteiger charge is 2.38.